The van der Waals surface area contributed by atoms with E-state index in [4.69, 9.17) is 0 Å². The predicted molar refractivity (Wildman–Crippen MR) is 186 cm³/mol. The maximum Gasteiger partial charge on any atom is 0.341 e. The monoisotopic (exact) mass is 624 g/mol. The zero-order chi connectivity index (χ0) is 32.7. The number of hydrogen-bond acceptors (Lipinski definition) is 3. The van der Waals surface area contributed by atoms with E-state index in [1.807, 2.05) is 0 Å². The summed E-state index contributed by atoms with van der Waals surface area (Å²) in [5.41, 5.74) is 0.988. The van der Waals surface area contributed by atoms with E-state index in [-0.39, 0.29) is 22.9 Å². The third-order valence-corrected chi connectivity index (χ3v) is 8.00. The molecule has 0 atom stereocenters. The average Bonchev–Trinajstić information content (AvgIpc) is 3.89. The molecular formula is C39H45FN2O4. The van der Waals surface area contributed by atoms with Crippen LogP contribution in [0.3, 0.4) is 0 Å². The number of pyridine rings is 1. The molecule has 7 heteroatoms. The highest BCUT2D eigenvalue weighted by Crippen LogP contribution is 2.38. The first kappa shape index (κ1) is 34.4. The number of hydrogen-bond donors (Lipinski definition) is 2. The van der Waals surface area contributed by atoms with Crippen molar-refractivity contribution in [2.24, 2.45) is 0 Å². The number of nitrogens with one attached hydrogen (secondary N) is 1. The van der Waals surface area contributed by atoms with Crippen LogP contribution in [0.25, 0.3) is 22.0 Å². The molecule has 1 aromatic heterocycles. The van der Waals surface area contributed by atoms with Gasteiger partial charge in [0, 0.05) is 35.3 Å². The summed E-state index contributed by atoms with van der Waals surface area (Å²) in [6.45, 7) is 2.22. The second kappa shape index (κ2) is 17.8. The van der Waals surface area contributed by atoms with Crippen LogP contribution in [0.5, 0.6) is 0 Å². The number of anilines is 1. The number of allylic oxidation sites excluding steroid dienone is 8. The average molecular weight is 625 g/mol. The Balaban J connectivity index is 1.20. The molecule has 242 valence electrons. The Labute approximate surface area is 271 Å². The lowest BCUT2D eigenvalue weighted by atomic mass is 10.0. The topological polar surface area (TPSA) is 88.4 Å². The SMILES string of the molecule is CCCCC/C=C\C/C=C\C/C=C\C/C=C\CCCC(=O)Nc1ccc(-c2cc3c(cc2F)c(=O)c(C(=O)O)cn3C2CC2)cc1. The van der Waals surface area contributed by atoms with E-state index in [0.717, 1.165) is 51.0 Å². The van der Waals surface area contributed by atoms with E-state index in [2.05, 4.69) is 60.8 Å². The van der Waals surface area contributed by atoms with Crippen LogP contribution in [0.2, 0.25) is 0 Å². The molecule has 3 aromatic rings. The Morgan fingerprint density at radius 2 is 1.50 bits per heavy atom. The molecule has 2 N–H and O–H groups in total. The molecule has 0 saturated heterocycles. The van der Waals surface area contributed by atoms with Gasteiger partial charge in [-0.05, 0) is 87.6 Å². The molecule has 4 rings (SSSR count). The summed E-state index contributed by atoms with van der Waals surface area (Å²) in [7, 11) is 0. The molecule has 0 aliphatic heterocycles. The van der Waals surface area contributed by atoms with E-state index in [9.17, 15) is 19.5 Å². The minimum Gasteiger partial charge on any atom is -0.477 e. The molecule has 0 unspecified atom stereocenters. The molecule has 1 aliphatic rings. The third kappa shape index (κ3) is 10.3. The van der Waals surface area contributed by atoms with Gasteiger partial charge in [-0.25, -0.2) is 9.18 Å². The Morgan fingerprint density at radius 3 is 2.09 bits per heavy atom. The van der Waals surface area contributed by atoms with Crippen LogP contribution in [-0.2, 0) is 4.79 Å². The van der Waals surface area contributed by atoms with E-state index in [1.54, 1.807) is 34.9 Å². The normalized spacial score (nSPS) is 13.6. The first-order chi connectivity index (χ1) is 22.4. The number of carbonyl (C=O) groups is 2. The number of unbranched alkanes of at least 4 members (excludes halogenated alkanes) is 4. The minimum absolute atomic E-state index is 0.0584. The molecule has 1 amide bonds. The molecule has 0 bridgehead atoms. The maximum absolute atomic E-state index is 15.2. The zero-order valence-electron chi connectivity index (χ0n) is 26.7. The van der Waals surface area contributed by atoms with Gasteiger partial charge in [-0.15, -0.1) is 0 Å². The number of nitrogens with zero attached hydrogens (tertiary/aromatic N) is 1. The van der Waals surface area contributed by atoms with E-state index in [1.165, 1.54) is 31.9 Å². The number of aromatic carboxylic acids is 1. The largest absolute Gasteiger partial charge is 0.477 e. The van der Waals surface area contributed by atoms with Gasteiger partial charge in [0.25, 0.3) is 0 Å². The molecule has 2 aromatic carbocycles. The van der Waals surface area contributed by atoms with Gasteiger partial charge in [-0.3, -0.25) is 9.59 Å². The van der Waals surface area contributed by atoms with Crippen LogP contribution >= 0.6 is 0 Å². The summed E-state index contributed by atoms with van der Waals surface area (Å²) in [5.74, 6) is -2.01. The molecule has 1 heterocycles. The van der Waals surface area contributed by atoms with Crippen LogP contribution < -0.4 is 10.7 Å². The van der Waals surface area contributed by atoms with Crippen molar-refractivity contribution in [1.82, 2.24) is 4.57 Å². The van der Waals surface area contributed by atoms with Crippen molar-refractivity contribution in [3.63, 3.8) is 0 Å². The second-order valence-corrected chi connectivity index (χ2v) is 11.8. The third-order valence-electron chi connectivity index (χ3n) is 8.00. The second-order valence-electron chi connectivity index (χ2n) is 11.8. The molecule has 0 radical (unpaired) electrons. The number of benzene rings is 2. The summed E-state index contributed by atoms with van der Waals surface area (Å²) >= 11 is 0. The van der Waals surface area contributed by atoms with E-state index in [0.29, 0.717) is 28.8 Å². The van der Waals surface area contributed by atoms with Gasteiger partial charge in [0.15, 0.2) is 0 Å². The summed E-state index contributed by atoms with van der Waals surface area (Å²) in [6, 6.07) is 9.75. The summed E-state index contributed by atoms with van der Waals surface area (Å²) < 4.78 is 17.0. The highest BCUT2D eigenvalue weighted by molar-refractivity contribution is 5.94. The highest BCUT2D eigenvalue weighted by Gasteiger charge is 2.27. The van der Waals surface area contributed by atoms with Gasteiger partial charge in [-0.2, -0.15) is 0 Å². The molecule has 1 aliphatic carbocycles. The van der Waals surface area contributed by atoms with Crippen molar-refractivity contribution in [2.75, 3.05) is 5.32 Å². The summed E-state index contributed by atoms with van der Waals surface area (Å²) in [6.07, 6.45) is 30.4. The lowest BCUT2D eigenvalue weighted by Gasteiger charge is -2.14. The van der Waals surface area contributed by atoms with Gasteiger partial charge in [0.2, 0.25) is 11.3 Å². The molecule has 0 spiro atoms. The van der Waals surface area contributed by atoms with E-state index >= 15 is 4.39 Å². The van der Waals surface area contributed by atoms with E-state index < -0.39 is 17.2 Å². The maximum atomic E-state index is 15.2. The Kier molecular flexibility index (Phi) is 13.3. The van der Waals surface area contributed by atoms with Crippen LogP contribution in [0.1, 0.15) is 100 Å². The molecular weight excluding hydrogens is 579 g/mol. The van der Waals surface area contributed by atoms with Crippen LogP contribution in [0.4, 0.5) is 10.1 Å². The van der Waals surface area contributed by atoms with Crippen molar-refractivity contribution >= 4 is 28.5 Å². The fraction of sp³-hybridized carbons (Fsp3) is 0.359. The number of halogens is 1. The van der Waals surface area contributed by atoms with Gasteiger partial charge < -0.3 is 15.0 Å². The Bertz CT molecular complexity index is 1660. The zero-order valence-corrected chi connectivity index (χ0v) is 26.7. The summed E-state index contributed by atoms with van der Waals surface area (Å²) in [5, 5.41) is 12.4. The fourth-order valence-corrected chi connectivity index (χ4v) is 5.30. The lowest BCUT2D eigenvalue weighted by molar-refractivity contribution is -0.116. The minimum atomic E-state index is -1.32. The lowest BCUT2D eigenvalue weighted by Crippen LogP contribution is -2.19. The van der Waals surface area contributed by atoms with Gasteiger partial charge in [0.05, 0.1) is 5.52 Å². The molecule has 1 saturated carbocycles. The number of rotatable bonds is 18. The first-order valence-corrected chi connectivity index (χ1v) is 16.5. The Morgan fingerprint density at radius 1 is 0.891 bits per heavy atom. The van der Waals surface area contributed by atoms with Gasteiger partial charge in [0.1, 0.15) is 11.4 Å². The van der Waals surface area contributed by atoms with Crippen molar-refractivity contribution < 1.29 is 19.1 Å². The molecule has 46 heavy (non-hydrogen) atoms. The predicted octanol–water partition coefficient (Wildman–Crippen LogP) is 9.92. The van der Waals surface area contributed by atoms with Crippen LogP contribution in [-0.4, -0.2) is 21.6 Å². The number of carbonyl (C=O) groups excluding carboxylic acids is 1. The van der Waals surface area contributed by atoms with Crippen molar-refractivity contribution in [3.05, 3.63) is 113 Å². The molecule has 6 nitrogen and oxygen atoms in total. The first-order valence-electron chi connectivity index (χ1n) is 16.5. The quantitative estimate of drug-likeness (QED) is 0.109. The van der Waals surface area contributed by atoms with Gasteiger partial charge >= 0.3 is 5.97 Å². The van der Waals surface area contributed by atoms with Gasteiger partial charge in [-0.1, -0.05) is 80.5 Å². The molecule has 1 fully saturated rings. The Hall–Kier alpha value is -4.52. The van der Waals surface area contributed by atoms with Crippen LogP contribution in [0, 0.1) is 5.82 Å². The highest BCUT2D eigenvalue weighted by atomic mass is 19.1. The number of carboxylic acids is 1. The fourth-order valence-electron chi connectivity index (χ4n) is 5.30. The number of aromatic nitrogens is 1. The standard InChI is InChI=1S/C39H45FN2O4/c1-2-3-4-5-6-7-8-9-10-11-12-13-14-15-16-17-18-19-37(43)41-30-22-20-29(21-23-30)32-27-36-33(26-35(32)40)38(44)34(39(45)46)28-42(36)31-24-25-31/h6-7,9-10,12-13,15-16,20-23,26-28,31H,2-5,8,11,14,17-19,24-25H2,1H3,(H,41,43)(H,45,46)/b7-6-,10-9-,13-12-,16-15-. The number of amides is 1. The smallest absolute Gasteiger partial charge is 0.341 e. The van der Waals surface area contributed by atoms with Crippen molar-refractivity contribution in [1.29, 1.82) is 0 Å². The summed E-state index contributed by atoms with van der Waals surface area (Å²) in [4.78, 5) is 36.8. The number of fused-ring (bicyclic) bond motifs is 1. The van der Waals surface area contributed by atoms with Crippen LogP contribution in [0.15, 0.2) is 96.0 Å². The number of carboxylic acid groups (broad SMARTS) is 1. The van der Waals surface area contributed by atoms with Crippen molar-refractivity contribution in [2.45, 2.75) is 90.0 Å². The van der Waals surface area contributed by atoms with Crippen molar-refractivity contribution in [3.8, 4) is 11.1 Å².